The van der Waals surface area contributed by atoms with Gasteiger partial charge in [-0.2, -0.15) is 13.2 Å². The lowest BCUT2D eigenvalue weighted by Gasteiger charge is -2.41. The van der Waals surface area contributed by atoms with E-state index in [0.717, 1.165) is 0 Å². The van der Waals surface area contributed by atoms with Gasteiger partial charge < -0.3 is 14.7 Å². The quantitative estimate of drug-likeness (QED) is 0.810. The lowest BCUT2D eigenvalue weighted by molar-refractivity contribution is -0.213. The summed E-state index contributed by atoms with van der Waals surface area (Å²) in [5.41, 5.74) is 0. The number of amides is 1. The number of carbonyl (C=O) groups excluding carboxylic acids is 1. The van der Waals surface area contributed by atoms with Gasteiger partial charge in [-0.25, -0.2) is 0 Å². The molecule has 2 aliphatic rings. The van der Waals surface area contributed by atoms with Crippen LogP contribution in [0.3, 0.4) is 0 Å². The van der Waals surface area contributed by atoms with Crippen molar-refractivity contribution >= 4 is 5.91 Å². The highest BCUT2D eigenvalue weighted by Crippen LogP contribution is 2.33. The molecule has 2 fully saturated rings. The van der Waals surface area contributed by atoms with E-state index in [1.165, 1.54) is 9.80 Å². The molecular formula is C12H19F3N2O3. The monoisotopic (exact) mass is 296 g/mol. The number of aliphatic hydroxyl groups is 1. The number of aliphatic hydroxyl groups excluding tert-OH is 1. The Morgan fingerprint density at radius 1 is 1.30 bits per heavy atom. The van der Waals surface area contributed by atoms with Gasteiger partial charge in [-0.05, 0) is 12.8 Å². The van der Waals surface area contributed by atoms with Gasteiger partial charge in [0.15, 0.2) is 0 Å². The van der Waals surface area contributed by atoms with Gasteiger partial charge in [0.05, 0.1) is 6.10 Å². The number of nitrogens with zero attached hydrogens (tertiary/aromatic N) is 2. The molecule has 0 radical (unpaired) electrons. The first-order valence-corrected chi connectivity index (χ1v) is 6.74. The minimum absolute atomic E-state index is 0.149. The van der Waals surface area contributed by atoms with E-state index in [0.29, 0.717) is 19.4 Å². The maximum Gasteiger partial charge on any atom is 0.406 e. The van der Waals surface area contributed by atoms with Crippen LogP contribution in [0.2, 0.25) is 0 Å². The molecule has 116 valence electrons. The van der Waals surface area contributed by atoms with Crippen LogP contribution in [0.15, 0.2) is 0 Å². The summed E-state index contributed by atoms with van der Waals surface area (Å²) in [6.45, 7) is 0.484. The topological polar surface area (TPSA) is 53.0 Å². The molecule has 2 rings (SSSR count). The summed E-state index contributed by atoms with van der Waals surface area (Å²) >= 11 is 0. The van der Waals surface area contributed by atoms with E-state index in [1.54, 1.807) is 0 Å². The van der Waals surface area contributed by atoms with Crippen LogP contribution in [-0.4, -0.2) is 78.5 Å². The first-order valence-electron chi connectivity index (χ1n) is 6.74. The second kappa shape index (κ2) is 6.28. The van der Waals surface area contributed by atoms with E-state index in [4.69, 9.17) is 9.84 Å². The smallest absolute Gasteiger partial charge is 0.387 e. The van der Waals surface area contributed by atoms with Gasteiger partial charge >= 0.3 is 6.18 Å². The van der Waals surface area contributed by atoms with Gasteiger partial charge in [0.2, 0.25) is 5.91 Å². The van der Waals surface area contributed by atoms with E-state index < -0.39 is 30.8 Å². The van der Waals surface area contributed by atoms with Gasteiger partial charge in [-0.3, -0.25) is 9.69 Å². The van der Waals surface area contributed by atoms with Gasteiger partial charge in [0.1, 0.15) is 12.6 Å². The highest BCUT2D eigenvalue weighted by molar-refractivity contribution is 5.77. The van der Waals surface area contributed by atoms with E-state index in [2.05, 4.69) is 0 Å². The third-order valence-corrected chi connectivity index (χ3v) is 3.85. The number of halogens is 3. The van der Waals surface area contributed by atoms with E-state index >= 15 is 0 Å². The summed E-state index contributed by atoms with van der Waals surface area (Å²) < 4.78 is 44.9. The van der Waals surface area contributed by atoms with Crippen molar-refractivity contribution in [1.82, 2.24) is 9.80 Å². The van der Waals surface area contributed by atoms with E-state index in [1.807, 2.05) is 0 Å². The minimum atomic E-state index is -4.34. The highest BCUT2D eigenvalue weighted by atomic mass is 19.4. The second-order valence-corrected chi connectivity index (χ2v) is 5.11. The van der Waals surface area contributed by atoms with Crippen LogP contribution in [0.4, 0.5) is 13.2 Å². The van der Waals surface area contributed by atoms with Crippen LogP contribution in [0.1, 0.15) is 12.8 Å². The zero-order chi connectivity index (χ0) is 14.8. The predicted molar refractivity (Wildman–Crippen MR) is 64.1 cm³/mol. The van der Waals surface area contributed by atoms with Crippen molar-refractivity contribution in [3.05, 3.63) is 0 Å². The molecule has 0 aromatic rings. The third kappa shape index (κ3) is 3.42. The van der Waals surface area contributed by atoms with Crippen LogP contribution in [-0.2, 0) is 9.53 Å². The fourth-order valence-corrected chi connectivity index (χ4v) is 2.85. The molecule has 1 N–H and O–H groups in total. The number of alkyl halides is 3. The van der Waals surface area contributed by atoms with Crippen LogP contribution in [0.25, 0.3) is 0 Å². The molecule has 8 heteroatoms. The van der Waals surface area contributed by atoms with Crippen LogP contribution < -0.4 is 0 Å². The Labute approximate surface area is 115 Å². The number of piperazine rings is 1. The fraction of sp³-hybridized carbons (Fsp3) is 0.917. The summed E-state index contributed by atoms with van der Waals surface area (Å²) in [5.74, 6) is -0.440. The molecule has 20 heavy (non-hydrogen) atoms. The molecule has 1 amide bonds. The molecule has 0 bridgehead atoms. The molecule has 2 heterocycles. The van der Waals surface area contributed by atoms with Gasteiger partial charge in [-0.15, -0.1) is 0 Å². The maximum absolute atomic E-state index is 13.2. The van der Waals surface area contributed by atoms with Crippen molar-refractivity contribution < 1.29 is 27.8 Å². The Hall–Kier alpha value is -0.860. The summed E-state index contributed by atoms with van der Waals surface area (Å²) in [4.78, 5) is 14.0. The van der Waals surface area contributed by atoms with Gasteiger partial charge in [0, 0.05) is 32.8 Å². The molecule has 5 nitrogen and oxygen atoms in total. The van der Waals surface area contributed by atoms with Crippen molar-refractivity contribution in [1.29, 1.82) is 0 Å². The number of ether oxygens (including phenoxy) is 1. The van der Waals surface area contributed by atoms with Crippen molar-refractivity contribution in [3.63, 3.8) is 0 Å². The molecule has 2 atom stereocenters. The largest absolute Gasteiger partial charge is 0.406 e. The van der Waals surface area contributed by atoms with Gasteiger partial charge in [-0.1, -0.05) is 0 Å². The Balaban J connectivity index is 1.99. The van der Waals surface area contributed by atoms with Gasteiger partial charge in [0.25, 0.3) is 0 Å². The van der Waals surface area contributed by atoms with Crippen molar-refractivity contribution in [2.24, 2.45) is 0 Å². The van der Waals surface area contributed by atoms with Crippen molar-refractivity contribution in [2.45, 2.75) is 31.2 Å². The fourth-order valence-electron chi connectivity index (χ4n) is 2.85. The molecule has 2 saturated heterocycles. The Morgan fingerprint density at radius 2 is 1.95 bits per heavy atom. The van der Waals surface area contributed by atoms with Crippen LogP contribution >= 0.6 is 0 Å². The zero-order valence-electron chi connectivity index (χ0n) is 11.1. The minimum Gasteiger partial charge on any atom is -0.387 e. The average Bonchev–Trinajstić information content (AvgIpc) is 2.91. The lowest BCUT2D eigenvalue weighted by atomic mass is 10.0. The number of rotatable bonds is 3. The Bertz CT molecular complexity index is 337. The van der Waals surface area contributed by atoms with Crippen molar-refractivity contribution in [2.75, 3.05) is 39.4 Å². The number of hydrogen-bond donors (Lipinski definition) is 1. The standard InChI is InChI=1S/C12H19F3N2O3/c13-12(14,15)11(9-2-1-7-20-9)17-5-3-16(4-6-17)10(19)8-18/h9,11,18H,1-8H2. The van der Waals surface area contributed by atoms with Crippen LogP contribution in [0.5, 0.6) is 0 Å². The second-order valence-electron chi connectivity index (χ2n) is 5.11. The van der Waals surface area contributed by atoms with Crippen LogP contribution in [0, 0.1) is 0 Å². The third-order valence-electron chi connectivity index (χ3n) is 3.85. The maximum atomic E-state index is 13.2. The summed E-state index contributed by atoms with van der Waals surface area (Å²) in [5, 5.41) is 8.76. The zero-order valence-corrected chi connectivity index (χ0v) is 11.1. The molecule has 2 aliphatic heterocycles. The molecular weight excluding hydrogens is 277 g/mol. The summed E-state index contributed by atoms with van der Waals surface area (Å²) in [7, 11) is 0. The predicted octanol–water partition coefficient (Wildman–Crippen LogP) is 0.233. The normalized spacial score (nSPS) is 26.8. The van der Waals surface area contributed by atoms with E-state index in [9.17, 15) is 18.0 Å². The first-order chi connectivity index (χ1) is 9.43. The molecule has 2 unspecified atom stereocenters. The Morgan fingerprint density at radius 3 is 2.40 bits per heavy atom. The lowest BCUT2D eigenvalue weighted by Crippen LogP contribution is -2.59. The number of carbonyl (C=O) groups is 1. The molecule has 0 aliphatic carbocycles. The first kappa shape index (κ1) is 15.5. The Kier molecular flexibility index (Phi) is 4.87. The highest BCUT2D eigenvalue weighted by Gasteiger charge is 2.50. The molecule has 0 aromatic heterocycles. The SMILES string of the molecule is O=C(CO)N1CCN(C(C2CCCO2)C(F)(F)F)CC1. The molecule has 0 saturated carbocycles. The molecule has 0 aromatic carbocycles. The summed E-state index contributed by atoms with van der Waals surface area (Å²) in [6.07, 6.45) is -4.08. The number of hydrogen-bond acceptors (Lipinski definition) is 4. The average molecular weight is 296 g/mol. The molecule has 0 spiro atoms. The van der Waals surface area contributed by atoms with E-state index in [-0.39, 0.29) is 26.2 Å². The summed E-state index contributed by atoms with van der Waals surface area (Å²) in [6, 6.07) is -1.60. The van der Waals surface area contributed by atoms with Crippen molar-refractivity contribution in [3.8, 4) is 0 Å².